The zero-order chi connectivity index (χ0) is 19.7. The molecule has 2 aromatic carbocycles. The van der Waals surface area contributed by atoms with E-state index in [1.165, 1.54) is 25.0 Å². The normalized spacial score (nSPS) is 18.6. The molecule has 1 heterocycles. The van der Waals surface area contributed by atoms with Crippen LogP contribution in [0.5, 0.6) is 0 Å². The molecule has 2 aromatic rings. The lowest BCUT2D eigenvalue weighted by Gasteiger charge is -2.33. The van der Waals surface area contributed by atoms with Crippen molar-refractivity contribution < 1.29 is 14.0 Å². The van der Waals surface area contributed by atoms with Crippen molar-refractivity contribution in [3.8, 4) is 11.1 Å². The molecule has 2 fully saturated rings. The van der Waals surface area contributed by atoms with Crippen LogP contribution in [-0.2, 0) is 4.79 Å². The summed E-state index contributed by atoms with van der Waals surface area (Å²) in [6, 6.07) is 12.8. The lowest BCUT2D eigenvalue weighted by molar-refractivity contribution is -0.134. The Morgan fingerprint density at radius 3 is 2.00 bits per heavy atom. The number of piperidine rings is 1. The van der Waals surface area contributed by atoms with Crippen molar-refractivity contribution in [3.63, 3.8) is 0 Å². The first-order chi connectivity index (χ1) is 13.5. The molecule has 0 bridgehead atoms. The summed E-state index contributed by atoms with van der Waals surface area (Å²) in [6.07, 6.45) is 4.78. The van der Waals surface area contributed by atoms with E-state index in [1.54, 1.807) is 31.2 Å². The van der Waals surface area contributed by atoms with E-state index in [0.29, 0.717) is 11.0 Å². The van der Waals surface area contributed by atoms with Crippen molar-refractivity contribution in [2.45, 2.75) is 38.6 Å². The fraction of sp³-hybridized carbons (Fsp3) is 0.391. The summed E-state index contributed by atoms with van der Waals surface area (Å²) in [5.74, 6) is -0.548. The number of hydrogen-bond acceptors (Lipinski definition) is 2. The molecule has 1 atom stereocenters. The van der Waals surface area contributed by atoms with Gasteiger partial charge in [-0.3, -0.25) is 9.59 Å². The molecule has 4 rings (SSSR count). The molecular weight excluding hydrogens is 355 g/mol. The van der Waals surface area contributed by atoms with Gasteiger partial charge in [0.2, 0.25) is 5.91 Å². The number of benzene rings is 2. The van der Waals surface area contributed by atoms with Crippen molar-refractivity contribution in [1.29, 1.82) is 0 Å². The highest BCUT2D eigenvalue weighted by Gasteiger charge is 2.45. The van der Waals surface area contributed by atoms with E-state index in [0.717, 1.165) is 37.1 Å². The highest BCUT2D eigenvalue weighted by molar-refractivity contribution is 5.97. The Bertz CT molecular complexity index is 862. The molecule has 1 spiro atoms. The largest absolute Gasteiger partial charge is 0.341 e. The molecule has 1 saturated heterocycles. The highest BCUT2D eigenvalue weighted by atomic mass is 19.1. The van der Waals surface area contributed by atoms with Crippen LogP contribution in [0.2, 0.25) is 0 Å². The number of likely N-dealkylation sites (tertiary alicyclic amines) is 1. The zero-order valence-electron chi connectivity index (χ0n) is 16.1. The number of halogens is 1. The summed E-state index contributed by atoms with van der Waals surface area (Å²) in [4.78, 5) is 27.0. The van der Waals surface area contributed by atoms with Crippen molar-refractivity contribution >= 4 is 11.8 Å². The number of nitrogens with one attached hydrogen (secondary N) is 1. The van der Waals surface area contributed by atoms with Crippen LogP contribution >= 0.6 is 0 Å². The van der Waals surface area contributed by atoms with E-state index in [-0.39, 0.29) is 17.6 Å². The molecule has 1 N–H and O–H groups in total. The first kappa shape index (κ1) is 18.7. The number of carbonyl (C=O) groups is 2. The highest BCUT2D eigenvalue weighted by Crippen LogP contribution is 2.53. The van der Waals surface area contributed by atoms with Crippen LogP contribution in [0.4, 0.5) is 4.39 Å². The van der Waals surface area contributed by atoms with Gasteiger partial charge in [0.15, 0.2) is 0 Å². The lowest BCUT2D eigenvalue weighted by atomic mass is 9.93. The van der Waals surface area contributed by atoms with Crippen LogP contribution in [0.25, 0.3) is 11.1 Å². The topological polar surface area (TPSA) is 49.4 Å². The van der Waals surface area contributed by atoms with Crippen LogP contribution in [0.15, 0.2) is 48.5 Å². The van der Waals surface area contributed by atoms with E-state index >= 15 is 0 Å². The van der Waals surface area contributed by atoms with Crippen LogP contribution in [0, 0.1) is 11.2 Å². The molecule has 4 nitrogen and oxygen atoms in total. The van der Waals surface area contributed by atoms with Crippen molar-refractivity contribution in [1.82, 2.24) is 10.2 Å². The first-order valence-corrected chi connectivity index (χ1v) is 9.91. The SMILES string of the molecule is C[C@@H](NC(=O)c1ccc(-c2ccc(F)cc2)cc1)C(=O)N1CCC2(CC1)CC2. The van der Waals surface area contributed by atoms with Crippen LogP contribution < -0.4 is 5.32 Å². The van der Waals surface area contributed by atoms with E-state index in [9.17, 15) is 14.0 Å². The van der Waals surface area contributed by atoms with Gasteiger partial charge in [0.05, 0.1) is 0 Å². The number of rotatable bonds is 4. The zero-order valence-corrected chi connectivity index (χ0v) is 16.1. The van der Waals surface area contributed by atoms with Gasteiger partial charge in [-0.25, -0.2) is 4.39 Å². The predicted octanol–water partition coefficient (Wildman–Crippen LogP) is 4.01. The second-order valence-corrected chi connectivity index (χ2v) is 8.10. The Morgan fingerprint density at radius 1 is 0.929 bits per heavy atom. The molecule has 0 aromatic heterocycles. The minimum absolute atomic E-state index is 0.00761. The van der Waals surface area contributed by atoms with Gasteiger partial charge in [-0.1, -0.05) is 24.3 Å². The van der Waals surface area contributed by atoms with E-state index in [4.69, 9.17) is 0 Å². The summed E-state index contributed by atoms with van der Waals surface area (Å²) >= 11 is 0. The third-order valence-corrected chi connectivity index (χ3v) is 6.14. The maximum absolute atomic E-state index is 13.1. The third-order valence-electron chi connectivity index (χ3n) is 6.14. The smallest absolute Gasteiger partial charge is 0.251 e. The molecule has 1 aliphatic carbocycles. The van der Waals surface area contributed by atoms with Crippen LogP contribution in [0.1, 0.15) is 43.0 Å². The summed E-state index contributed by atoms with van der Waals surface area (Å²) < 4.78 is 13.1. The molecule has 146 valence electrons. The monoisotopic (exact) mass is 380 g/mol. The molecule has 0 radical (unpaired) electrons. The standard InChI is InChI=1S/C23H25FN2O2/c1-16(22(28)26-14-12-23(10-11-23)13-15-26)25-21(27)19-4-2-17(3-5-19)18-6-8-20(24)9-7-18/h2-9,16H,10-15H2,1H3,(H,25,27)/t16-/m1/s1. The molecule has 5 heteroatoms. The molecule has 2 amide bonds. The van der Waals surface area contributed by atoms with Gasteiger partial charge in [0.1, 0.15) is 11.9 Å². The maximum atomic E-state index is 13.1. The summed E-state index contributed by atoms with van der Waals surface area (Å²) in [7, 11) is 0. The second-order valence-electron chi connectivity index (χ2n) is 8.10. The van der Waals surface area contributed by atoms with Crippen molar-refractivity contribution in [3.05, 3.63) is 59.9 Å². The molecule has 1 aliphatic heterocycles. The van der Waals surface area contributed by atoms with Gasteiger partial charge < -0.3 is 10.2 Å². The Labute approximate surface area is 164 Å². The van der Waals surface area contributed by atoms with E-state index in [2.05, 4.69) is 5.32 Å². The fourth-order valence-corrected chi connectivity index (χ4v) is 3.95. The maximum Gasteiger partial charge on any atom is 0.251 e. The van der Waals surface area contributed by atoms with Crippen LogP contribution in [-0.4, -0.2) is 35.8 Å². The number of hydrogen-bond donors (Lipinski definition) is 1. The fourth-order valence-electron chi connectivity index (χ4n) is 3.95. The molecule has 0 unspecified atom stereocenters. The van der Waals surface area contributed by atoms with Gasteiger partial charge >= 0.3 is 0 Å². The number of carbonyl (C=O) groups excluding carboxylic acids is 2. The summed E-state index contributed by atoms with van der Waals surface area (Å²) in [6.45, 7) is 3.34. The van der Waals surface area contributed by atoms with Gasteiger partial charge in [0, 0.05) is 18.7 Å². The van der Waals surface area contributed by atoms with Gasteiger partial charge in [-0.05, 0) is 73.4 Å². The Morgan fingerprint density at radius 2 is 1.46 bits per heavy atom. The van der Waals surface area contributed by atoms with Gasteiger partial charge in [0.25, 0.3) is 5.91 Å². The third kappa shape index (κ3) is 3.93. The minimum Gasteiger partial charge on any atom is -0.341 e. The summed E-state index contributed by atoms with van der Waals surface area (Å²) in [5.41, 5.74) is 2.81. The molecule has 28 heavy (non-hydrogen) atoms. The van der Waals surface area contributed by atoms with Gasteiger partial charge in [-0.2, -0.15) is 0 Å². The molecule has 1 saturated carbocycles. The van der Waals surface area contributed by atoms with Crippen LogP contribution in [0.3, 0.4) is 0 Å². The average Bonchev–Trinajstić information content (AvgIpc) is 3.47. The summed E-state index contributed by atoms with van der Waals surface area (Å²) in [5, 5.41) is 2.82. The minimum atomic E-state index is -0.544. The number of nitrogens with zero attached hydrogens (tertiary/aromatic N) is 1. The molecule has 2 aliphatic rings. The first-order valence-electron chi connectivity index (χ1n) is 9.91. The number of amides is 2. The van der Waals surface area contributed by atoms with Crippen molar-refractivity contribution in [2.75, 3.05) is 13.1 Å². The van der Waals surface area contributed by atoms with E-state index < -0.39 is 6.04 Å². The van der Waals surface area contributed by atoms with E-state index in [1.807, 2.05) is 17.0 Å². The molecular formula is C23H25FN2O2. The Hall–Kier alpha value is -2.69. The van der Waals surface area contributed by atoms with Gasteiger partial charge in [-0.15, -0.1) is 0 Å². The predicted molar refractivity (Wildman–Crippen MR) is 106 cm³/mol. The quantitative estimate of drug-likeness (QED) is 0.871. The van der Waals surface area contributed by atoms with Crippen molar-refractivity contribution in [2.24, 2.45) is 5.41 Å². The lowest BCUT2D eigenvalue weighted by Crippen LogP contribution is -2.49. The Kier molecular flexibility index (Phi) is 4.92. The Balaban J connectivity index is 1.34. The average molecular weight is 380 g/mol. The second kappa shape index (κ2) is 7.38.